The van der Waals surface area contributed by atoms with Gasteiger partial charge in [-0.2, -0.15) is 0 Å². The molecule has 1 heterocycles. The van der Waals surface area contributed by atoms with Gasteiger partial charge < -0.3 is 14.7 Å². The van der Waals surface area contributed by atoms with E-state index in [1.807, 2.05) is 36.9 Å². The Morgan fingerprint density at radius 3 is 2.60 bits per heavy atom. The summed E-state index contributed by atoms with van der Waals surface area (Å²) in [7, 11) is 1.61. The summed E-state index contributed by atoms with van der Waals surface area (Å²) in [6.45, 7) is 7.81. The first-order chi connectivity index (χ1) is 9.27. The van der Waals surface area contributed by atoms with Gasteiger partial charge in [-0.3, -0.25) is 0 Å². The van der Waals surface area contributed by atoms with E-state index in [1.54, 1.807) is 14.0 Å². The third-order valence-corrected chi connectivity index (χ3v) is 3.82. The van der Waals surface area contributed by atoms with Gasteiger partial charge in [-0.05, 0) is 45.4 Å². The first kappa shape index (κ1) is 14.4. The lowest BCUT2D eigenvalue weighted by Gasteiger charge is -2.45. The van der Waals surface area contributed by atoms with E-state index in [9.17, 15) is 9.90 Å². The molecule has 4 nitrogen and oxygen atoms in total. The highest BCUT2D eigenvalue weighted by atomic mass is 16.5. The second-order valence-electron chi connectivity index (χ2n) is 5.75. The molecule has 0 aliphatic carbocycles. The van der Waals surface area contributed by atoms with Gasteiger partial charge in [0.25, 0.3) is 0 Å². The van der Waals surface area contributed by atoms with Gasteiger partial charge in [0, 0.05) is 17.3 Å². The molecule has 1 aliphatic heterocycles. The van der Waals surface area contributed by atoms with Crippen LogP contribution in [-0.4, -0.2) is 29.8 Å². The van der Waals surface area contributed by atoms with Crippen molar-refractivity contribution in [2.75, 3.05) is 12.0 Å². The molecule has 4 heteroatoms. The molecule has 0 saturated carbocycles. The summed E-state index contributed by atoms with van der Waals surface area (Å²) in [5.74, 6) is -0.100. The van der Waals surface area contributed by atoms with E-state index in [1.165, 1.54) is 0 Å². The molecule has 0 radical (unpaired) electrons. The van der Waals surface area contributed by atoms with Gasteiger partial charge in [0.05, 0.1) is 12.6 Å². The van der Waals surface area contributed by atoms with Crippen molar-refractivity contribution in [3.05, 3.63) is 29.8 Å². The average molecular weight is 275 g/mol. The van der Waals surface area contributed by atoms with Gasteiger partial charge >= 0.3 is 5.97 Å². The van der Waals surface area contributed by atoms with Crippen molar-refractivity contribution in [1.29, 1.82) is 0 Å². The molecule has 0 saturated heterocycles. The second-order valence-corrected chi connectivity index (χ2v) is 5.75. The average Bonchev–Trinajstić information content (AvgIpc) is 2.36. The minimum atomic E-state index is -0.834. The van der Waals surface area contributed by atoms with Gasteiger partial charge in [-0.1, -0.05) is 6.08 Å². The zero-order valence-electron chi connectivity index (χ0n) is 12.6. The number of fused-ring (bicyclic) bond motifs is 1. The van der Waals surface area contributed by atoms with Gasteiger partial charge in [0.2, 0.25) is 0 Å². The van der Waals surface area contributed by atoms with Crippen LogP contribution < -0.4 is 9.64 Å². The number of rotatable bonds is 3. The molecule has 1 unspecified atom stereocenters. The smallest absolute Gasteiger partial charge is 0.326 e. The molecular weight excluding hydrogens is 254 g/mol. The highest BCUT2D eigenvalue weighted by Gasteiger charge is 2.37. The number of hydrogen-bond acceptors (Lipinski definition) is 3. The Morgan fingerprint density at radius 1 is 1.40 bits per heavy atom. The summed E-state index contributed by atoms with van der Waals surface area (Å²) in [4.78, 5) is 13.4. The van der Waals surface area contributed by atoms with Gasteiger partial charge in [-0.15, -0.1) is 0 Å². The normalized spacial score (nSPS) is 18.1. The van der Waals surface area contributed by atoms with Crippen LogP contribution >= 0.6 is 0 Å². The minimum absolute atomic E-state index is 0.360. The van der Waals surface area contributed by atoms with Crippen molar-refractivity contribution in [2.45, 2.75) is 39.3 Å². The fourth-order valence-electron chi connectivity index (χ4n) is 2.98. The Labute approximate surface area is 119 Å². The summed E-state index contributed by atoms with van der Waals surface area (Å²) < 4.78 is 5.28. The number of carbonyl (C=O) groups is 1. The van der Waals surface area contributed by atoms with Gasteiger partial charge in [0.15, 0.2) is 0 Å². The van der Waals surface area contributed by atoms with Crippen LogP contribution in [0.5, 0.6) is 5.75 Å². The maximum Gasteiger partial charge on any atom is 0.326 e. The molecule has 1 aliphatic rings. The quantitative estimate of drug-likeness (QED) is 0.920. The van der Waals surface area contributed by atoms with E-state index >= 15 is 0 Å². The summed E-state index contributed by atoms with van der Waals surface area (Å²) in [6.07, 6.45) is 2.11. The fraction of sp³-hybridized carbons (Fsp3) is 0.438. The molecule has 1 aromatic carbocycles. The Kier molecular flexibility index (Phi) is 3.50. The molecule has 0 bridgehead atoms. The van der Waals surface area contributed by atoms with E-state index in [0.29, 0.717) is 0 Å². The molecule has 20 heavy (non-hydrogen) atoms. The van der Waals surface area contributed by atoms with Crippen molar-refractivity contribution in [3.63, 3.8) is 0 Å². The third-order valence-electron chi connectivity index (χ3n) is 3.82. The Hall–Kier alpha value is -1.97. The summed E-state index contributed by atoms with van der Waals surface area (Å²) in [6, 6.07) is 5.18. The SMILES string of the molecule is COc1ccc2c(c1)N(C(C)C(=O)O)C(C)(C)C=C2C. The molecule has 2 rings (SSSR count). The number of carboxylic acid groups (broad SMARTS) is 1. The lowest BCUT2D eigenvalue weighted by atomic mass is 9.87. The van der Waals surface area contributed by atoms with E-state index in [-0.39, 0.29) is 5.54 Å². The summed E-state index contributed by atoms with van der Waals surface area (Å²) in [5.41, 5.74) is 2.75. The van der Waals surface area contributed by atoms with Crippen molar-refractivity contribution in [2.24, 2.45) is 0 Å². The zero-order valence-corrected chi connectivity index (χ0v) is 12.6. The molecule has 0 amide bonds. The fourth-order valence-corrected chi connectivity index (χ4v) is 2.98. The number of benzene rings is 1. The van der Waals surface area contributed by atoms with Crippen LogP contribution in [0, 0.1) is 0 Å². The Morgan fingerprint density at radius 2 is 2.05 bits per heavy atom. The van der Waals surface area contributed by atoms with E-state index in [0.717, 1.165) is 22.6 Å². The predicted molar refractivity (Wildman–Crippen MR) is 80.3 cm³/mol. The molecule has 0 fully saturated rings. The topological polar surface area (TPSA) is 49.8 Å². The number of hydrogen-bond donors (Lipinski definition) is 1. The third kappa shape index (κ3) is 2.26. The maximum atomic E-state index is 11.4. The van der Waals surface area contributed by atoms with E-state index in [2.05, 4.69) is 13.0 Å². The number of ether oxygens (including phenoxy) is 1. The van der Waals surface area contributed by atoms with Crippen molar-refractivity contribution < 1.29 is 14.6 Å². The molecule has 1 aromatic rings. The highest BCUT2D eigenvalue weighted by molar-refractivity contribution is 5.87. The van der Waals surface area contributed by atoms with E-state index < -0.39 is 12.0 Å². The van der Waals surface area contributed by atoms with Crippen molar-refractivity contribution in [1.82, 2.24) is 0 Å². The molecular formula is C16H21NO3. The van der Waals surface area contributed by atoms with Gasteiger partial charge in [-0.25, -0.2) is 4.79 Å². The second kappa shape index (κ2) is 4.85. The lowest BCUT2D eigenvalue weighted by molar-refractivity contribution is -0.138. The monoisotopic (exact) mass is 275 g/mol. The molecule has 108 valence electrons. The number of nitrogens with zero attached hydrogens (tertiary/aromatic N) is 1. The standard InChI is InChI=1S/C16H21NO3/c1-10-9-16(3,4)17(11(2)15(18)19)14-8-12(20-5)6-7-13(10)14/h6-9,11H,1-5H3,(H,18,19). The Bertz CT molecular complexity index is 575. The van der Waals surface area contributed by atoms with Crippen LogP contribution in [0.15, 0.2) is 24.3 Å². The van der Waals surface area contributed by atoms with Crippen LogP contribution in [0.1, 0.15) is 33.3 Å². The van der Waals surface area contributed by atoms with E-state index in [4.69, 9.17) is 4.74 Å². The zero-order chi connectivity index (χ0) is 15.1. The molecule has 1 atom stereocenters. The summed E-state index contributed by atoms with van der Waals surface area (Å²) >= 11 is 0. The first-order valence-corrected chi connectivity index (χ1v) is 6.68. The number of allylic oxidation sites excluding steroid dienone is 1. The first-order valence-electron chi connectivity index (χ1n) is 6.68. The molecule has 1 N–H and O–H groups in total. The molecule has 0 aromatic heterocycles. The number of methoxy groups -OCH3 is 1. The van der Waals surface area contributed by atoms with Crippen LogP contribution in [0.4, 0.5) is 5.69 Å². The maximum absolute atomic E-state index is 11.4. The number of carboxylic acids is 1. The lowest BCUT2D eigenvalue weighted by Crippen LogP contribution is -2.53. The van der Waals surface area contributed by atoms with Crippen molar-refractivity contribution >= 4 is 17.2 Å². The number of anilines is 1. The van der Waals surface area contributed by atoms with Crippen LogP contribution in [0.25, 0.3) is 5.57 Å². The predicted octanol–water partition coefficient (Wildman–Crippen LogP) is 3.17. The van der Waals surface area contributed by atoms with Crippen LogP contribution in [-0.2, 0) is 4.79 Å². The van der Waals surface area contributed by atoms with Gasteiger partial charge in [0.1, 0.15) is 11.8 Å². The number of aliphatic carboxylic acids is 1. The summed E-state index contributed by atoms with van der Waals surface area (Å²) in [5, 5.41) is 9.39. The Balaban J connectivity index is 2.65. The minimum Gasteiger partial charge on any atom is -0.497 e. The van der Waals surface area contributed by atoms with Crippen LogP contribution in [0.2, 0.25) is 0 Å². The van der Waals surface area contributed by atoms with Crippen molar-refractivity contribution in [3.8, 4) is 5.75 Å². The van der Waals surface area contributed by atoms with Crippen LogP contribution in [0.3, 0.4) is 0 Å². The largest absolute Gasteiger partial charge is 0.497 e. The molecule has 0 spiro atoms. The highest BCUT2D eigenvalue weighted by Crippen LogP contribution is 2.41.